The van der Waals surface area contributed by atoms with Gasteiger partial charge in [-0.05, 0) is 55.8 Å². The Bertz CT molecular complexity index is 1570. The van der Waals surface area contributed by atoms with Crippen LogP contribution in [0.15, 0.2) is 55.2 Å². The molecule has 0 amide bonds. The van der Waals surface area contributed by atoms with E-state index in [0.717, 1.165) is 96.2 Å². The Kier molecular flexibility index (Phi) is 6.02. The average molecular weight is 508 g/mol. The number of hydrogen-bond acceptors (Lipinski definition) is 7. The minimum atomic E-state index is 0.434. The van der Waals surface area contributed by atoms with Gasteiger partial charge < -0.3 is 24.7 Å². The molecule has 0 radical (unpaired) electrons. The number of likely N-dealkylation sites (N-methyl/N-ethyl adjacent to an activating group) is 1. The molecule has 0 spiro atoms. The number of benzene rings is 1. The fraction of sp³-hybridized carbons (Fsp3) is 0.379. The lowest BCUT2D eigenvalue weighted by atomic mass is 10.1. The molecule has 0 saturated carbocycles. The molecule has 2 aliphatic heterocycles. The number of nitrogens with one attached hydrogen (secondary N) is 2. The maximum Gasteiger partial charge on any atom is 0.156 e. The van der Waals surface area contributed by atoms with Crippen LogP contribution in [0.2, 0.25) is 0 Å². The third-order valence-corrected chi connectivity index (χ3v) is 8.12. The molecule has 1 unspecified atom stereocenters. The van der Waals surface area contributed by atoms with Crippen LogP contribution in [0.3, 0.4) is 0 Å². The summed E-state index contributed by atoms with van der Waals surface area (Å²) in [6, 6.07) is 11.1. The number of hydrogen-bond donors (Lipinski definition) is 2. The highest BCUT2D eigenvalue weighted by molar-refractivity contribution is 5.94. The van der Waals surface area contributed by atoms with Crippen molar-refractivity contribution in [2.24, 2.45) is 0 Å². The van der Waals surface area contributed by atoms with E-state index in [1.54, 1.807) is 0 Å². The van der Waals surface area contributed by atoms with Gasteiger partial charge in [-0.3, -0.25) is 0 Å². The third-order valence-electron chi connectivity index (χ3n) is 8.12. The van der Waals surface area contributed by atoms with Crippen molar-refractivity contribution in [2.75, 3.05) is 50.7 Å². The van der Waals surface area contributed by atoms with Crippen LogP contribution in [-0.2, 0) is 0 Å². The molecule has 1 aromatic carbocycles. The highest BCUT2D eigenvalue weighted by Gasteiger charge is 2.20. The van der Waals surface area contributed by atoms with E-state index in [2.05, 4.69) is 65.8 Å². The first kappa shape index (κ1) is 23.3. The number of nitrogens with zero attached hydrogens (tertiary/aromatic N) is 7. The summed E-state index contributed by atoms with van der Waals surface area (Å²) in [5.74, 6) is 1.00. The summed E-state index contributed by atoms with van der Waals surface area (Å²) in [6.45, 7) is 9.53. The molecule has 2 fully saturated rings. The first-order valence-corrected chi connectivity index (χ1v) is 13.7. The van der Waals surface area contributed by atoms with E-state index in [0.29, 0.717) is 6.04 Å². The second kappa shape index (κ2) is 9.81. The number of piperazine rings is 1. The van der Waals surface area contributed by atoms with Crippen molar-refractivity contribution >= 4 is 28.0 Å². The summed E-state index contributed by atoms with van der Waals surface area (Å²) in [7, 11) is 0. The van der Waals surface area contributed by atoms with E-state index >= 15 is 0 Å². The Morgan fingerprint density at radius 3 is 2.76 bits per heavy atom. The Balaban J connectivity index is 1.22. The number of pyridine rings is 1. The van der Waals surface area contributed by atoms with Gasteiger partial charge in [0.05, 0.1) is 29.3 Å². The Hall–Kier alpha value is -3.82. The topological polar surface area (TPSA) is 90.8 Å². The predicted molar refractivity (Wildman–Crippen MR) is 151 cm³/mol. The van der Waals surface area contributed by atoms with Crippen molar-refractivity contribution in [3.63, 3.8) is 0 Å². The Morgan fingerprint density at radius 1 is 1.00 bits per heavy atom. The zero-order chi connectivity index (χ0) is 25.5. The van der Waals surface area contributed by atoms with E-state index in [-0.39, 0.29) is 0 Å². The van der Waals surface area contributed by atoms with E-state index in [9.17, 15) is 0 Å². The van der Waals surface area contributed by atoms with Crippen LogP contribution in [-0.4, -0.2) is 80.2 Å². The van der Waals surface area contributed by atoms with Crippen LogP contribution in [0.5, 0.6) is 0 Å². The molecule has 194 valence electrons. The van der Waals surface area contributed by atoms with E-state index in [4.69, 9.17) is 9.97 Å². The molecule has 0 aliphatic carbocycles. The molecule has 2 aliphatic rings. The van der Waals surface area contributed by atoms with Crippen molar-refractivity contribution in [1.29, 1.82) is 0 Å². The van der Waals surface area contributed by atoms with Gasteiger partial charge in [0.2, 0.25) is 0 Å². The zero-order valence-corrected chi connectivity index (χ0v) is 21.8. The average Bonchev–Trinajstić information content (AvgIpc) is 3.61. The van der Waals surface area contributed by atoms with E-state index in [1.165, 1.54) is 12.8 Å². The largest absolute Gasteiger partial charge is 0.354 e. The highest BCUT2D eigenvalue weighted by atomic mass is 15.3. The van der Waals surface area contributed by atoms with Crippen molar-refractivity contribution in [3.05, 3.63) is 55.2 Å². The molecule has 2 saturated heterocycles. The molecule has 1 atom stereocenters. The van der Waals surface area contributed by atoms with Gasteiger partial charge in [-0.15, -0.1) is 0 Å². The van der Waals surface area contributed by atoms with Gasteiger partial charge in [0.25, 0.3) is 0 Å². The summed E-state index contributed by atoms with van der Waals surface area (Å²) in [4.78, 5) is 27.3. The van der Waals surface area contributed by atoms with Gasteiger partial charge in [0, 0.05) is 62.3 Å². The van der Waals surface area contributed by atoms with Crippen molar-refractivity contribution < 1.29 is 0 Å². The normalized spacial score (nSPS) is 19.0. The van der Waals surface area contributed by atoms with Crippen molar-refractivity contribution in [3.8, 4) is 22.4 Å². The summed E-state index contributed by atoms with van der Waals surface area (Å²) < 4.78 is 2.33. The zero-order valence-electron chi connectivity index (χ0n) is 21.8. The molecule has 9 nitrogen and oxygen atoms in total. The van der Waals surface area contributed by atoms with Crippen LogP contribution in [0.4, 0.5) is 5.82 Å². The van der Waals surface area contributed by atoms with Crippen LogP contribution in [0.1, 0.15) is 25.8 Å². The second-order valence-corrected chi connectivity index (χ2v) is 10.3. The Morgan fingerprint density at radius 2 is 1.92 bits per heavy atom. The number of imidazole rings is 1. The minimum Gasteiger partial charge on any atom is -0.354 e. The summed E-state index contributed by atoms with van der Waals surface area (Å²) in [5.41, 5.74) is 7.91. The Labute approximate surface area is 221 Å². The smallest absolute Gasteiger partial charge is 0.156 e. The molecule has 5 aromatic rings. The number of H-pyrrole nitrogens is 1. The van der Waals surface area contributed by atoms with Crippen LogP contribution >= 0.6 is 0 Å². The van der Waals surface area contributed by atoms with E-state index < -0.39 is 0 Å². The minimum absolute atomic E-state index is 0.434. The number of rotatable bonds is 5. The quantitative estimate of drug-likeness (QED) is 0.370. The second-order valence-electron chi connectivity index (χ2n) is 10.3. The highest BCUT2D eigenvalue weighted by Crippen LogP contribution is 2.32. The van der Waals surface area contributed by atoms with Crippen LogP contribution in [0.25, 0.3) is 44.6 Å². The maximum atomic E-state index is 5.09. The first-order chi connectivity index (χ1) is 18.8. The number of piperidine rings is 1. The first-order valence-electron chi connectivity index (χ1n) is 13.7. The molecule has 4 aromatic heterocycles. The lowest BCUT2D eigenvalue weighted by Crippen LogP contribution is -2.46. The molecule has 9 heteroatoms. The summed E-state index contributed by atoms with van der Waals surface area (Å²) in [5, 5.41) is 3.52. The van der Waals surface area contributed by atoms with Crippen LogP contribution < -0.4 is 10.2 Å². The molecule has 38 heavy (non-hydrogen) atoms. The lowest BCUT2D eigenvalue weighted by Gasteiger charge is -2.34. The molecule has 0 bridgehead atoms. The van der Waals surface area contributed by atoms with Gasteiger partial charge in [-0.1, -0.05) is 13.0 Å². The summed E-state index contributed by atoms with van der Waals surface area (Å²) in [6.07, 6.45) is 10.1. The molecule has 2 N–H and O–H groups in total. The van der Waals surface area contributed by atoms with Gasteiger partial charge in [0.15, 0.2) is 5.65 Å². The number of aromatic nitrogens is 6. The monoisotopic (exact) mass is 507 g/mol. The maximum absolute atomic E-state index is 5.09. The molecular weight excluding hydrogens is 474 g/mol. The molecule has 6 heterocycles. The third kappa shape index (κ3) is 4.21. The van der Waals surface area contributed by atoms with Crippen molar-refractivity contribution in [1.82, 2.24) is 39.7 Å². The van der Waals surface area contributed by atoms with Gasteiger partial charge in [-0.25, -0.2) is 19.9 Å². The number of anilines is 1. The van der Waals surface area contributed by atoms with Crippen LogP contribution in [0, 0.1) is 0 Å². The molecular formula is C29H33N9. The lowest BCUT2D eigenvalue weighted by molar-refractivity contribution is 0.270. The van der Waals surface area contributed by atoms with Gasteiger partial charge in [-0.2, -0.15) is 0 Å². The fourth-order valence-electron chi connectivity index (χ4n) is 5.85. The molecule has 7 rings (SSSR count). The number of aromatic amines is 1. The summed E-state index contributed by atoms with van der Waals surface area (Å²) >= 11 is 0. The van der Waals surface area contributed by atoms with Gasteiger partial charge >= 0.3 is 0 Å². The van der Waals surface area contributed by atoms with Gasteiger partial charge in [0.1, 0.15) is 11.3 Å². The SMILES string of the molecule is CCN1CCN(c2cc(-c3cnc4[nH]cc(-c5ccc6ncn(C7CCCNC7)c6c5)c4n3)ccn2)CC1. The van der Waals surface area contributed by atoms with Crippen molar-refractivity contribution in [2.45, 2.75) is 25.8 Å². The number of fused-ring (bicyclic) bond motifs is 2. The fourth-order valence-corrected chi connectivity index (χ4v) is 5.85. The predicted octanol–water partition coefficient (Wildman–Crippen LogP) is 4.10. The standard InChI is InChI=1S/C29H33N9/c1-2-36-10-12-37(13-11-36)27-15-21(7-9-31-27)25-18-33-29-28(35-25)23(17-32-29)20-5-6-24-26(14-20)38(19-34-24)22-4-3-8-30-16-22/h5-7,9,14-15,17-19,22,30H,2-4,8,10-13,16H2,1H3,(H,32,33). The van der Waals surface area contributed by atoms with E-state index in [1.807, 2.05) is 31.0 Å².